The second kappa shape index (κ2) is 13.2. The van der Waals surface area contributed by atoms with Crippen molar-refractivity contribution in [3.8, 4) is 11.1 Å². The number of thiophene rings is 1. The molecule has 0 saturated carbocycles. The SMILES string of the molecule is CC(C)CC(NC(=O)c1cc2ccccc2s1)C(=O)N1C[C@@H]2C[C@H]1CN2C(=O)CNS(=O)(=O)c1ccc(-c2ccccc2)cc1Cl. The van der Waals surface area contributed by atoms with Crippen LogP contribution in [0.25, 0.3) is 21.2 Å². The zero-order valence-electron chi connectivity index (χ0n) is 25.5. The molecule has 1 unspecified atom stereocenters. The van der Waals surface area contributed by atoms with Crippen LogP contribution in [0.2, 0.25) is 5.02 Å². The van der Waals surface area contributed by atoms with Crippen molar-refractivity contribution in [3.05, 3.63) is 88.8 Å². The Labute approximate surface area is 277 Å². The molecule has 240 valence electrons. The van der Waals surface area contributed by atoms with Crippen molar-refractivity contribution >= 4 is 60.8 Å². The number of carbonyl (C=O) groups excluding carboxylic acids is 3. The minimum absolute atomic E-state index is 0.0612. The average Bonchev–Trinajstić information content (AvgIpc) is 3.78. The van der Waals surface area contributed by atoms with Crippen LogP contribution in [0, 0.1) is 5.92 Å². The normalized spacial score (nSPS) is 18.3. The number of likely N-dealkylation sites (tertiary alicyclic amines) is 2. The maximum Gasteiger partial charge on any atom is 0.262 e. The molecule has 2 aliphatic heterocycles. The largest absolute Gasteiger partial charge is 0.340 e. The van der Waals surface area contributed by atoms with Crippen LogP contribution >= 0.6 is 22.9 Å². The van der Waals surface area contributed by atoms with Gasteiger partial charge in [-0.05, 0) is 59.5 Å². The van der Waals surface area contributed by atoms with E-state index >= 15 is 0 Å². The highest BCUT2D eigenvalue weighted by Crippen LogP contribution is 2.33. The van der Waals surface area contributed by atoms with Crippen molar-refractivity contribution < 1.29 is 22.8 Å². The fourth-order valence-corrected chi connectivity index (χ4v) is 8.81. The van der Waals surface area contributed by atoms with Gasteiger partial charge in [-0.3, -0.25) is 14.4 Å². The van der Waals surface area contributed by atoms with Crippen molar-refractivity contribution in [2.24, 2.45) is 5.92 Å². The minimum Gasteiger partial charge on any atom is -0.340 e. The fourth-order valence-electron chi connectivity index (χ4n) is 6.32. The Bertz CT molecular complexity index is 1860. The molecule has 3 aromatic carbocycles. The second-order valence-corrected chi connectivity index (χ2v) is 15.4. The van der Waals surface area contributed by atoms with Crippen LogP contribution in [0.4, 0.5) is 0 Å². The van der Waals surface area contributed by atoms with E-state index in [0.29, 0.717) is 30.8 Å². The molecule has 46 heavy (non-hydrogen) atoms. The molecule has 3 atom stereocenters. The predicted molar refractivity (Wildman–Crippen MR) is 180 cm³/mol. The van der Waals surface area contributed by atoms with Gasteiger partial charge in [0.05, 0.1) is 28.5 Å². The maximum absolute atomic E-state index is 13.8. The molecule has 1 aromatic heterocycles. The Kier molecular flexibility index (Phi) is 9.20. The van der Waals surface area contributed by atoms with E-state index in [0.717, 1.165) is 21.2 Å². The number of rotatable bonds is 10. The average molecular weight is 679 g/mol. The van der Waals surface area contributed by atoms with Gasteiger partial charge in [0.15, 0.2) is 0 Å². The molecule has 2 saturated heterocycles. The number of piperazine rings is 1. The molecule has 12 heteroatoms. The lowest BCUT2D eigenvalue weighted by Gasteiger charge is -2.36. The van der Waals surface area contributed by atoms with Gasteiger partial charge in [0.2, 0.25) is 21.8 Å². The molecule has 2 aliphatic rings. The molecule has 9 nitrogen and oxygen atoms in total. The maximum atomic E-state index is 13.8. The smallest absolute Gasteiger partial charge is 0.262 e. The summed E-state index contributed by atoms with van der Waals surface area (Å²) < 4.78 is 29.6. The van der Waals surface area contributed by atoms with Gasteiger partial charge in [0, 0.05) is 17.8 Å². The van der Waals surface area contributed by atoms with Crippen molar-refractivity contribution in [2.75, 3.05) is 19.6 Å². The molecular weight excluding hydrogens is 644 g/mol. The van der Waals surface area contributed by atoms with Gasteiger partial charge in [-0.25, -0.2) is 13.1 Å². The number of hydrogen-bond donors (Lipinski definition) is 2. The summed E-state index contributed by atoms with van der Waals surface area (Å²) in [6, 6.07) is 22.7. The van der Waals surface area contributed by atoms with Gasteiger partial charge >= 0.3 is 0 Å². The number of nitrogens with zero attached hydrogens (tertiary/aromatic N) is 2. The van der Waals surface area contributed by atoms with E-state index in [-0.39, 0.29) is 45.6 Å². The van der Waals surface area contributed by atoms with Crippen molar-refractivity contribution in [1.29, 1.82) is 0 Å². The van der Waals surface area contributed by atoms with E-state index in [9.17, 15) is 22.8 Å². The topological polar surface area (TPSA) is 116 Å². The van der Waals surface area contributed by atoms with E-state index in [2.05, 4.69) is 10.0 Å². The van der Waals surface area contributed by atoms with E-state index < -0.39 is 22.6 Å². The number of benzene rings is 3. The quantitative estimate of drug-likeness (QED) is 0.241. The summed E-state index contributed by atoms with van der Waals surface area (Å²) in [6.45, 7) is 4.24. The molecular formula is C34H35ClN4O5S2. The Morgan fingerprint density at radius 3 is 2.28 bits per heavy atom. The van der Waals surface area contributed by atoms with Gasteiger partial charge in [-0.1, -0.05) is 80.0 Å². The number of hydrogen-bond acceptors (Lipinski definition) is 6. The summed E-state index contributed by atoms with van der Waals surface area (Å²) in [7, 11) is -4.05. The number of sulfonamides is 1. The number of fused-ring (bicyclic) bond motifs is 3. The van der Waals surface area contributed by atoms with Gasteiger partial charge in [0.25, 0.3) is 5.91 Å². The molecule has 0 aliphatic carbocycles. The predicted octanol–water partition coefficient (Wildman–Crippen LogP) is 5.16. The van der Waals surface area contributed by atoms with Crippen LogP contribution in [0.3, 0.4) is 0 Å². The number of nitrogens with one attached hydrogen (secondary N) is 2. The third-order valence-corrected chi connectivity index (χ3v) is 11.5. The first kappa shape index (κ1) is 32.2. The molecule has 3 amide bonds. The summed E-state index contributed by atoms with van der Waals surface area (Å²) in [5, 5.41) is 4.02. The second-order valence-electron chi connectivity index (χ2n) is 12.2. The number of amides is 3. The molecule has 2 N–H and O–H groups in total. The first-order valence-electron chi connectivity index (χ1n) is 15.2. The van der Waals surface area contributed by atoms with E-state index in [4.69, 9.17) is 11.6 Å². The van der Waals surface area contributed by atoms with Crippen molar-refractivity contribution in [1.82, 2.24) is 19.8 Å². The van der Waals surface area contributed by atoms with Gasteiger partial charge < -0.3 is 15.1 Å². The van der Waals surface area contributed by atoms with Crippen LogP contribution in [-0.4, -0.2) is 73.7 Å². The van der Waals surface area contributed by atoms with Crippen LogP contribution < -0.4 is 10.0 Å². The zero-order valence-corrected chi connectivity index (χ0v) is 27.9. The van der Waals surface area contributed by atoms with Crippen LogP contribution in [0.1, 0.15) is 36.4 Å². The first-order valence-corrected chi connectivity index (χ1v) is 17.9. The summed E-state index contributed by atoms with van der Waals surface area (Å²) >= 11 is 7.76. The Morgan fingerprint density at radius 2 is 1.61 bits per heavy atom. The Morgan fingerprint density at radius 1 is 0.913 bits per heavy atom. The molecule has 4 aromatic rings. The fraction of sp³-hybridized carbons (Fsp3) is 0.324. The number of halogens is 1. The monoisotopic (exact) mass is 678 g/mol. The van der Waals surface area contributed by atoms with E-state index in [1.807, 2.05) is 74.5 Å². The summed E-state index contributed by atoms with van der Waals surface area (Å²) in [5.41, 5.74) is 1.69. The van der Waals surface area contributed by atoms with Gasteiger partial charge in [-0.2, -0.15) is 0 Å². The molecule has 2 bridgehead atoms. The molecule has 0 spiro atoms. The zero-order chi connectivity index (χ0) is 32.6. The van der Waals surface area contributed by atoms with Crippen LogP contribution in [-0.2, 0) is 19.6 Å². The highest BCUT2D eigenvalue weighted by atomic mass is 35.5. The standard InChI is InChI=1S/C34H35ClN4O5S2/c1-21(2)14-28(37-33(41)30-16-24-10-6-7-11-29(24)45-30)34(42)39-20-25-17-26(39)19-38(25)32(40)18-36-46(43,44)31-13-12-23(15-27(31)35)22-8-4-3-5-9-22/h3-13,15-16,21,25-26,28,36H,14,17-20H2,1-2H3,(H,37,41)/t25-,26-,28?/m0/s1. The van der Waals surface area contributed by atoms with Gasteiger partial charge in [-0.15, -0.1) is 11.3 Å². The molecule has 2 fully saturated rings. The third kappa shape index (κ3) is 6.69. The highest BCUT2D eigenvalue weighted by Gasteiger charge is 2.48. The lowest BCUT2D eigenvalue weighted by molar-refractivity contribution is -0.140. The third-order valence-electron chi connectivity index (χ3n) is 8.55. The Hall–Kier alpha value is -3.77. The van der Waals surface area contributed by atoms with Crippen LogP contribution in [0.15, 0.2) is 83.8 Å². The summed E-state index contributed by atoms with van der Waals surface area (Å²) in [6.07, 6.45) is 1.10. The van der Waals surface area contributed by atoms with Gasteiger partial charge in [0.1, 0.15) is 10.9 Å². The molecule has 6 rings (SSSR count). The van der Waals surface area contributed by atoms with E-state index in [1.54, 1.807) is 21.9 Å². The highest BCUT2D eigenvalue weighted by molar-refractivity contribution is 7.89. The lowest BCUT2D eigenvalue weighted by Crippen LogP contribution is -2.57. The first-order chi connectivity index (χ1) is 22.0. The van der Waals surface area contributed by atoms with E-state index in [1.165, 1.54) is 17.4 Å². The lowest BCUT2D eigenvalue weighted by atomic mass is 10.0. The summed E-state index contributed by atoms with van der Waals surface area (Å²) in [5.74, 6) is -0.622. The Balaban J connectivity index is 1.06. The molecule has 0 radical (unpaired) electrons. The summed E-state index contributed by atoms with van der Waals surface area (Å²) in [4.78, 5) is 44.0. The van der Waals surface area contributed by atoms with Crippen molar-refractivity contribution in [3.63, 3.8) is 0 Å². The van der Waals surface area contributed by atoms with Crippen molar-refractivity contribution in [2.45, 2.75) is 49.7 Å². The molecule has 3 heterocycles. The number of carbonyl (C=O) groups is 3. The van der Waals surface area contributed by atoms with Crippen LogP contribution in [0.5, 0.6) is 0 Å². The minimum atomic E-state index is -4.05.